The Hall–Kier alpha value is -7.00. The lowest BCUT2D eigenvalue weighted by Crippen LogP contribution is -1.93. The van der Waals surface area contributed by atoms with E-state index in [4.69, 9.17) is 17.9 Å². The van der Waals surface area contributed by atoms with Gasteiger partial charge in [-0.15, -0.1) is 32.9 Å². The molecule has 0 unspecified atom stereocenters. The lowest BCUT2D eigenvalue weighted by molar-refractivity contribution is 0.364. The zero-order chi connectivity index (χ0) is 59.8. The van der Waals surface area contributed by atoms with Crippen LogP contribution in [0.25, 0.3) is 0 Å². The van der Waals surface area contributed by atoms with Crippen molar-refractivity contribution in [3.8, 4) is 0 Å². The second-order valence-electron chi connectivity index (χ2n) is 20.9. The van der Waals surface area contributed by atoms with Gasteiger partial charge in [-0.1, -0.05) is 159 Å². The number of aromatic amines is 1. The molecular formula is C59H91N13O6S2. The molecule has 0 saturated heterocycles. The highest BCUT2D eigenvalue weighted by molar-refractivity contribution is 7.09. The van der Waals surface area contributed by atoms with Crippen LogP contribution < -0.4 is 0 Å². The van der Waals surface area contributed by atoms with E-state index in [9.17, 15) is 0 Å². The Morgan fingerprint density at radius 3 is 1.51 bits per heavy atom. The molecule has 10 heterocycles. The van der Waals surface area contributed by atoms with E-state index in [0.29, 0.717) is 65.1 Å². The van der Waals surface area contributed by atoms with Crippen LogP contribution in [0.5, 0.6) is 0 Å². The fourth-order valence-corrected chi connectivity index (χ4v) is 6.46. The molecule has 80 heavy (non-hydrogen) atoms. The molecule has 9 aromatic rings. The summed E-state index contributed by atoms with van der Waals surface area (Å²) in [5.41, 5.74) is 9.54. The summed E-state index contributed by atoms with van der Waals surface area (Å²) in [6.07, 6.45) is 24.1. The van der Waals surface area contributed by atoms with E-state index in [1.807, 2.05) is 56.3 Å². The second kappa shape index (κ2) is 42.0. The smallest absolute Gasteiger partial charge is 0.228 e. The molecule has 0 bridgehead atoms. The quantitative estimate of drug-likeness (QED) is 0.134. The molecule has 10 rings (SSSR count). The molecule has 0 fully saturated rings. The van der Waals surface area contributed by atoms with Gasteiger partial charge in [0, 0.05) is 64.9 Å². The number of thiazole rings is 1. The van der Waals surface area contributed by atoms with Crippen molar-refractivity contribution in [1.29, 1.82) is 0 Å². The molecule has 0 atom stereocenters. The molecule has 440 valence electrons. The van der Waals surface area contributed by atoms with Crippen LogP contribution in [0, 0.1) is 5.92 Å². The van der Waals surface area contributed by atoms with Gasteiger partial charge in [-0.3, -0.25) is 15.1 Å². The zero-order valence-corrected chi connectivity index (χ0v) is 52.6. The number of aromatic nitrogens is 12. The summed E-state index contributed by atoms with van der Waals surface area (Å²) in [5, 5.41) is 29.6. The van der Waals surface area contributed by atoms with Crippen LogP contribution in [0.4, 0.5) is 0 Å². The first kappa shape index (κ1) is 71.0. The van der Waals surface area contributed by atoms with E-state index >= 15 is 0 Å². The van der Waals surface area contributed by atoms with Crippen molar-refractivity contribution >= 4 is 28.9 Å². The highest BCUT2D eigenvalue weighted by atomic mass is 32.1. The SMILES string of the molecule is CC(C)C1=CC=NC1.CC(C)c1ccno1.CC(C)c1ccon1.CC(C)c1cn[nH]c1.CC(C)c1cnco1.CC(C)c1cncs1.CC(C)c1cnoc1.CC(C)c1cocn1.CC(C)c1ncno1.CC(C)c1nncs1. The largest absolute Gasteiger partial charge is 0.451 e. The fourth-order valence-electron chi connectivity index (χ4n) is 5.25. The Morgan fingerprint density at radius 1 is 0.550 bits per heavy atom. The minimum Gasteiger partial charge on any atom is -0.451 e. The van der Waals surface area contributed by atoms with Crippen LogP contribution in [0.1, 0.15) is 242 Å². The molecule has 9 aromatic heterocycles. The maximum atomic E-state index is 4.98. The molecule has 0 amide bonds. The van der Waals surface area contributed by atoms with E-state index < -0.39 is 0 Å². The molecule has 0 radical (unpaired) electrons. The van der Waals surface area contributed by atoms with E-state index in [2.05, 4.69) is 206 Å². The summed E-state index contributed by atoms with van der Waals surface area (Å²) in [5.74, 6) is 7.78. The number of hydrogen-bond acceptors (Lipinski definition) is 20. The van der Waals surface area contributed by atoms with Crippen molar-refractivity contribution in [1.82, 2.24) is 61.0 Å². The van der Waals surface area contributed by atoms with E-state index in [-0.39, 0.29) is 0 Å². The first-order valence-electron chi connectivity index (χ1n) is 27.1. The third-order valence-corrected chi connectivity index (χ3v) is 12.7. The van der Waals surface area contributed by atoms with Crippen LogP contribution in [0.3, 0.4) is 0 Å². The Bertz CT molecular complexity index is 2150. The monoisotopic (exact) mass is 1140 g/mol. The van der Waals surface area contributed by atoms with E-state index in [1.54, 1.807) is 65.6 Å². The lowest BCUT2D eigenvalue weighted by Gasteiger charge is -2.01. The van der Waals surface area contributed by atoms with Crippen molar-refractivity contribution in [2.24, 2.45) is 10.9 Å². The third-order valence-electron chi connectivity index (χ3n) is 10.6. The van der Waals surface area contributed by atoms with Crippen molar-refractivity contribution in [2.45, 2.75) is 192 Å². The summed E-state index contributed by atoms with van der Waals surface area (Å²) in [6.45, 7) is 43.0. The van der Waals surface area contributed by atoms with Gasteiger partial charge in [0.15, 0.2) is 19.1 Å². The lowest BCUT2D eigenvalue weighted by atomic mass is 10.1. The number of allylic oxidation sites excluding steroid dienone is 1. The first-order valence-corrected chi connectivity index (χ1v) is 28.9. The summed E-state index contributed by atoms with van der Waals surface area (Å²) >= 11 is 3.33. The van der Waals surface area contributed by atoms with Gasteiger partial charge in [0.05, 0.1) is 48.2 Å². The van der Waals surface area contributed by atoms with Gasteiger partial charge in [0.25, 0.3) is 0 Å². The normalized spacial score (nSPS) is 11.1. The van der Waals surface area contributed by atoms with Crippen LogP contribution in [-0.4, -0.2) is 73.7 Å². The van der Waals surface area contributed by atoms with Crippen LogP contribution >= 0.6 is 22.7 Å². The van der Waals surface area contributed by atoms with Gasteiger partial charge >= 0.3 is 0 Å². The number of nitrogens with one attached hydrogen (secondary N) is 1. The maximum absolute atomic E-state index is 4.98. The van der Waals surface area contributed by atoms with Gasteiger partial charge in [0.2, 0.25) is 5.89 Å². The van der Waals surface area contributed by atoms with Crippen LogP contribution in [-0.2, 0) is 0 Å². The van der Waals surface area contributed by atoms with Gasteiger partial charge < -0.3 is 26.9 Å². The molecule has 19 nitrogen and oxygen atoms in total. The van der Waals surface area contributed by atoms with Gasteiger partial charge in [-0.2, -0.15) is 10.1 Å². The summed E-state index contributed by atoms with van der Waals surface area (Å²) in [4.78, 5) is 21.0. The Labute approximate surface area is 483 Å². The van der Waals surface area contributed by atoms with Crippen LogP contribution in [0.2, 0.25) is 0 Å². The number of aliphatic imine (C=N–C) groups is 1. The predicted octanol–water partition coefficient (Wildman–Crippen LogP) is 17.3. The molecule has 21 heteroatoms. The molecule has 0 aromatic carbocycles. The van der Waals surface area contributed by atoms with Gasteiger partial charge in [-0.05, 0) is 52.7 Å². The van der Waals surface area contributed by atoms with Gasteiger partial charge in [0.1, 0.15) is 40.8 Å². The maximum Gasteiger partial charge on any atom is 0.228 e. The minimum absolute atomic E-state index is 0.345. The van der Waals surface area contributed by atoms with Crippen molar-refractivity contribution in [3.05, 3.63) is 160 Å². The number of rotatable bonds is 10. The van der Waals surface area contributed by atoms with Crippen LogP contribution in [0.15, 0.2) is 142 Å². The predicted molar refractivity (Wildman–Crippen MR) is 321 cm³/mol. The van der Waals surface area contributed by atoms with E-state index in [1.165, 1.54) is 35.1 Å². The molecule has 0 saturated carbocycles. The standard InChI is InChI=1S/C7H11N.C6H10N2.5C6H9NO.C6H9NS.C5H8N2O.C5H8N2S/c1-6(2)7-3-4-8-5-7;1-5(2)6-3-7-8-4-6;1-5(2)6-3-8-4-7-6;1-5(2)6-3-7-4-8-6;1-5(2)6-3-7-8-4-6;1-5(2)6-3-4-8-7-6;1-5(2)6-3-4-7-8-6;1-5(2)6-3-7-4-8-6;1-4(2)5-6-3-7-8-5;1-4(2)5-7-6-3-8-5/h3-4,6H,5H2,1-2H3;3-5H,1-2H3,(H,7,8);6*3-5H,1-2H3;2*3-4H,1-2H3. The number of H-pyrrole nitrogens is 1. The fraction of sp³-hybridized carbons (Fsp3) is 0.525. The first-order chi connectivity index (χ1) is 38.0. The Kier molecular flexibility index (Phi) is 37.3. The molecule has 1 aliphatic heterocycles. The summed E-state index contributed by atoms with van der Waals surface area (Å²) < 4.78 is 28.6. The molecule has 1 N–H and O–H groups in total. The molecule has 0 aliphatic carbocycles. The third kappa shape index (κ3) is 32.8. The number of nitrogens with zero attached hydrogens (tertiary/aromatic N) is 12. The van der Waals surface area contributed by atoms with Crippen molar-refractivity contribution in [3.63, 3.8) is 0 Å². The number of oxazole rings is 2. The Morgan fingerprint density at radius 2 is 1.26 bits per heavy atom. The van der Waals surface area contributed by atoms with E-state index in [0.717, 1.165) is 40.0 Å². The molecule has 0 spiro atoms. The average molecular weight is 1140 g/mol. The average Bonchev–Trinajstić information content (AvgIpc) is 4.28. The summed E-state index contributed by atoms with van der Waals surface area (Å²) in [6, 6.07) is 3.76. The summed E-state index contributed by atoms with van der Waals surface area (Å²) in [7, 11) is 0. The minimum atomic E-state index is 0.345. The molecule has 1 aliphatic rings. The highest BCUT2D eigenvalue weighted by Gasteiger charge is 2.05. The van der Waals surface area contributed by atoms with Gasteiger partial charge in [-0.25, -0.2) is 9.97 Å². The Balaban J connectivity index is 0.000000444. The van der Waals surface area contributed by atoms with Crippen molar-refractivity contribution in [2.75, 3.05) is 6.54 Å². The zero-order valence-electron chi connectivity index (χ0n) is 51.0. The topological polar surface area (TPSA) is 249 Å². The molecular weight excluding hydrogens is 1050 g/mol. The number of hydrogen-bond donors (Lipinski definition) is 1. The second-order valence-corrected chi connectivity index (χ2v) is 22.7. The van der Waals surface area contributed by atoms with Crippen molar-refractivity contribution < 1.29 is 26.9 Å². The highest BCUT2D eigenvalue weighted by Crippen LogP contribution is 2.18.